The summed E-state index contributed by atoms with van der Waals surface area (Å²) in [5, 5.41) is 2.64. The van der Waals surface area contributed by atoms with Crippen LogP contribution in [0.1, 0.15) is 46.6 Å². The van der Waals surface area contributed by atoms with E-state index in [0.29, 0.717) is 17.7 Å². The van der Waals surface area contributed by atoms with Crippen molar-refractivity contribution < 1.29 is 13.6 Å². The molecule has 23 heavy (non-hydrogen) atoms. The third-order valence-corrected chi connectivity index (χ3v) is 3.64. The van der Waals surface area contributed by atoms with E-state index >= 15 is 0 Å². The summed E-state index contributed by atoms with van der Waals surface area (Å²) >= 11 is 0. The molecule has 2 N–H and O–H groups in total. The van der Waals surface area contributed by atoms with Gasteiger partial charge in [0.1, 0.15) is 17.2 Å². The van der Waals surface area contributed by atoms with Gasteiger partial charge in [-0.3, -0.25) is 9.59 Å². The van der Waals surface area contributed by atoms with Crippen LogP contribution in [0.5, 0.6) is 0 Å². The van der Waals surface area contributed by atoms with Crippen molar-refractivity contribution in [1.29, 1.82) is 0 Å². The smallest absolute Gasteiger partial charge is 0.261 e. The number of carbonyl (C=O) groups is 1. The largest absolute Gasteiger partial charge is 0.345 e. The van der Waals surface area contributed by atoms with Crippen LogP contribution in [0, 0.1) is 25.5 Å². The number of carbonyl (C=O) groups excluding carboxylic acids is 1. The minimum atomic E-state index is -0.730. The van der Waals surface area contributed by atoms with Gasteiger partial charge in [-0.05, 0) is 38.0 Å². The van der Waals surface area contributed by atoms with Crippen molar-refractivity contribution in [3.05, 3.63) is 68.6 Å². The van der Waals surface area contributed by atoms with Gasteiger partial charge in [0.2, 0.25) is 0 Å². The van der Waals surface area contributed by atoms with Gasteiger partial charge in [0.25, 0.3) is 11.5 Å². The highest BCUT2D eigenvalue weighted by atomic mass is 19.1. The Balaban J connectivity index is 2.32. The Kier molecular flexibility index (Phi) is 4.93. The summed E-state index contributed by atoms with van der Waals surface area (Å²) < 4.78 is 26.9. The van der Waals surface area contributed by atoms with Crippen LogP contribution in [-0.2, 0) is 0 Å². The van der Waals surface area contributed by atoms with E-state index in [4.69, 9.17) is 0 Å². The molecule has 1 atom stereocenters. The summed E-state index contributed by atoms with van der Waals surface area (Å²) in [6.07, 6.45) is 0.400. The summed E-state index contributed by atoms with van der Waals surface area (Å²) in [6, 6.07) is 4.25. The first-order chi connectivity index (χ1) is 10.8. The van der Waals surface area contributed by atoms with Crippen molar-refractivity contribution >= 4 is 5.91 Å². The zero-order chi connectivity index (χ0) is 17.1. The molecule has 0 radical (unpaired) electrons. The van der Waals surface area contributed by atoms with Crippen LogP contribution in [0.15, 0.2) is 29.1 Å². The van der Waals surface area contributed by atoms with Crippen molar-refractivity contribution in [3.63, 3.8) is 0 Å². The van der Waals surface area contributed by atoms with Crippen molar-refractivity contribution in [2.75, 3.05) is 0 Å². The average molecular weight is 320 g/mol. The Hall–Kier alpha value is -2.50. The van der Waals surface area contributed by atoms with E-state index in [9.17, 15) is 18.4 Å². The minimum absolute atomic E-state index is 0.00318. The maximum absolute atomic E-state index is 13.9. The maximum atomic E-state index is 13.9. The van der Waals surface area contributed by atoms with Crippen molar-refractivity contribution in [2.45, 2.75) is 33.2 Å². The van der Waals surface area contributed by atoms with Crippen LogP contribution in [0.25, 0.3) is 0 Å². The van der Waals surface area contributed by atoms with E-state index in [0.717, 1.165) is 12.1 Å². The molecule has 0 fully saturated rings. The number of H-pyrrole nitrogens is 1. The lowest BCUT2D eigenvalue weighted by molar-refractivity contribution is 0.0932. The summed E-state index contributed by atoms with van der Waals surface area (Å²) in [6.45, 7) is 5.15. The lowest BCUT2D eigenvalue weighted by atomic mass is 10.0. The molecule has 0 spiro atoms. The molecule has 4 nitrogen and oxygen atoms in total. The minimum Gasteiger partial charge on any atom is -0.345 e. The normalized spacial score (nSPS) is 12.0. The molecular weight excluding hydrogens is 302 g/mol. The number of aromatic nitrogens is 1. The average Bonchev–Trinajstić information content (AvgIpc) is 2.44. The number of aromatic amines is 1. The van der Waals surface area contributed by atoms with Crippen molar-refractivity contribution in [3.8, 4) is 0 Å². The Bertz CT molecular complexity index is 800. The molecule has 0 saturated carbocycles. The molecule has 1 aromatic carbocycles. The lowest BCUT2D eigenvalue weighted by Crippen LogP contribution is -2.34. The number of amides is 1. The predicted octanol–water partition coefficient (Wildman–Crippen LogP) is 3.15. The first-order valence-corrected chi connectivity index (χ1v) is 7.29. The first-order valence-electron chi connectivity index (χ1n) is 7.29. The zero-order valence-electron chi connectivity index (χ0n) is 13.2. The van der Waals surface area contributed by atoms with Gasteiger partial charge in [-0.2, -0.15) is 0 Å². The zero-order valence-corrected chi connectivity index (χ0v) is 13.2. The third-order valence-electron chi connectivity index (χ3n) is 3.64. The highest BCUT2D eigenvalue weighted by Crippen LogP contribution is 2.21. The molecule has 6 heteroatoms. The Labute approximate surface area is 132 Å². The summed E-state index contributed by atoms with van der Waals surface area (Å²) in [7, 11) is 0. The van der Waals surface area contributed by atoms with Crippen LogP contribution in [-0.4, -0.2) is 10.9 Å². The van der Waals surface area contributed by atoms with Crippen LogP contribution in [0.3, 0.4) is 0 Å². The molecule has 1 amide bonds. The third kappa shape index (κ3) is 3.64. The van der Waals surface area contributed by atoms with Crippen LogP contribution < -0.4 is 10.9 Å². The summed E-state index contributed by atoms with van der Waals surface area (Å²) in [5.41, 5.74) is 0.883. The number of nitrogens with one attached hydrogen (secondary N) is 2. The van der Waals surface area contributed by atoms with Gasteiger partial charge in [0, 0.05) is 17.3 Å². The van der Waals surface area contributed by atoms with E-state index < -0.39 is 29.1 Å². The monoisotopic (exact) mass is 320 g/mol. The molecule has 2 rings (SSSR count). The van der Waals surface area contributed by atoms with Crippen LogP contribution in [0.2, 0.25) is 0 Å². The standard InChI is InChI=1S/C17H18F2N2O2/c1-4-14(12-6-5-11(18)8-13(12)19)21-17(23)15-9(2)7-10(3)20-16(15)22/h5-8,14H,4H2,1-3H3,(H,20,22)(H,21,23). The number of pyridine rings is 1. The highest BCUT2D eigenvalue weighted by molar-refractivity contribution is 5.95. The summed E-state index contributed by atoms with van der Waals surface area (Å²) in [4.78, 5) is 26.9. The van der Waals surface area contributed by atoms with Gasteiger partial charge in [0.05, 0.1) is 6.04 Å². The van der Waals surface area contributed by atoms with E-state index in [1.165, 1.54) is 6.07 Å². The lowest BCUT2D eigenvalue weighted by Gasteiger charge is -2.18. The second-order valence-electron chi connectivity index (χ2n) is 5.44. The highest BCUT2D eigenvalue weighted by Gasteiger charge is 2.21. The molecule has 1 heterocycles. The first kappa shape index (κ1) is 16.9. The van der Waals surface area contributed by atoms with Gasteiger partial charge >= 0.3 is 0 Å². The molecule has 0 bridgehead atoms. The Morgan fingerprint density at radius 3 is 2.52 bits per heavy atom. The molecule has 1 aromatic heterocycles. The topological polar surface area (TPSA) is 62.0 Å². The van der Waals surface area contributed by atoms with E-state index in [1.807, 2.05) is 0 Å². The van der Waals surface area contributed by atoms with Gasteiger partial charge in [-0.15, -0.1) is 0 Å². The van der Waals surface area contributed by atoms with Crippen LogP contribution in [0.4, 0.5) is 8.78 Å². The number of aryl methyl sites for hydroxylation is 2. The SMILES string of the molecule is CCC(NC(=O)c1c(C)cc(C)[nH]c1=O)c1ccc(F)cc1F. The molecular formula is C17H18F2N2O2. The Morgan fingerprint density at radius 2 is 1.96 bits per heavy atom. The fraction of sp³-hybridized carbons (Fsp3) is 0.294. The van der Waals surface area contributed by atoms with E-state index in [2.05, 4.69) is 10.3 Å². The van der Waals surface area contributed by atoms with Gasteiger partial charge in [-0.25, -0.2) is 8.78 Å². The molecule has 0 aliphatic rings. The second-order valence-corrected chi connectivity index (χ2v) is 5.44. The summed E-state index contributed by atoms with van der Waals surface area (Å²) in [5.74, 6) is -2.00. The Morgan fingerprint density at radius 1 is 1.26 bits per heavy atom. The van der Waals surface area contributed by atoms with Crippen LogP contribution >= 0.6 is 0 Å². The molecule has 1 unspecified atom stereocenters. The molecule has 0 aliphatic heterocycles. The number of hydrogen-bond acceptors (Lipinski definition) is 2. The van der Waals surface area contributed by atoms with Gasteiger partial charge in [0.15, 0.2) is 0 Å². The van der Waals surface area contributed by atoms with Gasteiger partial charge < -0.3 is 10.3 Å². The fourth-order valence-corrected chi connectivity index (χ4v) is 2.55. The van der Waals surface area contributed by atoms with E-state index in [-0.39, 0.29) is 11.1 Å². The maximum Gasteiger partial charge on any atom is 0.261 e. The number of hydrogen-bond donors (Lipinski definition) is 2. The molecule has 0 saturated heterocycles. The quantitative estimate of drug-likeness (QED) is 0.909. The second kappa shape index (κ2) is 6.73. The molecule has 2 aromatic rings. The van der Waals surface area contributed by atoms with Crippen molar-refractivity contribution in [2.24, 2.45) is 0 Å². The van der Waals surface area contributed by atoms with E-state index in [1.54, 1.807) is 26.8 Å². The van der Waals surface area contributed by atoms with Crippen molar-refractivity contribution in [1.82, 2.24) is 10.3 Å². The fourth-order valence-electron chi connectivity index (χ4n) is 2.55. The number of halogens is 2. The predicted molar refractivity (Wildman–Crippen MR) is 83.4 cm³/mol. The molecule has 0 aliphatic carbocycles. The molecule has 122 valence electrons. The number of rotatable bonds is 4. The number of benzene rings is 1. The van der Waals surface area contributed by atoms with Gasteiger partial charge in [-0.1, -0.05) is 13.0 Å².